The number of aryl methyl sites for hydroxylation is 1. The van der Waals surface area contributed by atoms with Crippen LogP contribution in [-0.2, 0) is 4.79 Å². The minimum absolute atomic E-state index is 0.333. The molecular formula is C11H15N5O. The van der Waals surface area contributed by atoms with E-state index in [1.807, 2.05) is 19.1 Å². The van der Waals surface area contributed by atoms with E-state index in [4.69, 9.17) is 11.6 Å². The lowest BCUT2D eigenvalue weighted by Gasteiger charge is -2.16. The van der Waals surface area contributed by atoms with E-state index in [-0.39, 0.29) is 5.91 Å². The number of H-pyrrole nitrogens is 1. The Morgan fingerprint density at radius 3 is 2.88 bits per heavy atom. The molecule has 5 N–H and O–H groups in total. The molecule has 0 bridgehead atoms. The molecule has 1 aromatic heterocycles. The Hall–Kier alpha value is -1.92. The molecule has 90 valence electrons. The van der Waals surface area contributed by atoms with Gasteiger partial charge in [0.15, 0.2) is 0 Å². The molecule has 0 fully saturated rings. The van der Waals surface area contributed by atoms with Gasteiger partial charge < -0.3 is 10.7 Å². The van der Waals surface area contributed by atoms with Crippen LogP contribution in [0.3, 0.4) is 0 Å². The highest BCUT2D eigenvalue weighted by Crippen LogP contribution is 2.18. The average molecular weight is 233 g/mol. The van der Waals surface area contributed by atoms with Crippen LogP contribution >= 0.6 is 0 Å². The first-order valence-electron chi connectivity index (χ1n) is 5.23. The van der Waals surface area contributed by atoms with Crippen LogP contribution in [0.1, 0.15) is 17.4 Å². The maximum Gasteiger partial charge on any atom is 0.257 e. The number of aromatic amines is 1. The fourth-order valence-corrected chi connectivity index (χ4v) is 1.71. The standard InChI is InChI=1S/C11H15N5O/c1-6-14-8-4-3-7(5-9(8)15-6)10(12)11(17)16(2)13/h3-5,10H,12-13H2,1-2H3,(H,14,15). The summed E-state index contributed by atoms with van der Waals surface area (Å²) in [5, 5.41) is 0.993. The maximum atomic E-state index is 11.6. The van der Waals surface area contributed by atoms with Crippen LogP contribution in [0.4, 0.5) is 0 Å². The molecule has 1 heterocycles. The van der Waals surface area contributed by atoms with Crippen molar-refractivity contribution in [2.75, 3.05) is 7.05 Å². The van der Waals surface area contributed by atoms with Gasteiger partial charge in [-0.1, -0.05) is 6.07 Å². The highest BCUT2D eigenvalue weighted by atomic mass is 16.2. The summed E-state index contributed by atoms with van der Waals surface area (Å²) >= 11 is 0. The van der Waals surface area contributed by atoms with Gasteiger partial charge in [-0.15, -0.1) is 0 Å². The van der Waals surface area contributed by atoms with Crippen molar-refractivity contribution in [2.45, 2.75) is 13.0 Å². The van der Waals surface area contributed by atoms with Gasteiger partial charge in [-0.25, -0.2) is 10.8 Å². The summed E-state index contributed by atoms with van der Waals surface area (Å²) in [5.74, 6) is 5.87. The molecule has 0 aliphatic heterocycles. The molecule has 6 heteroatoms. The quantitative estimate of drug-likeness (QED) is 0.392. The summed E-state index contributed by atoms with van der Waals surface area (Å²) in [4.78, 5) is 19.0. The average Bonchev–Trinajstić information content (AvgIpc) is 2.65. The van der Waals surface area contributed by atoms with Gasteiger partial charge in [0.1, 0.15) is 11.9 Å². The molecule has 1 unspecified atom stereocenters. The number of nitrogens with one attached hydrogen (secondary N) is 1. The fraction of sp³-hybridized carbons (Fsp3) is 0.273. The van der Waals surface area contributed by atoms with E-state index < -0.39 is 6.04 Å². The Bertz CT molecular complexity index is 560. The van der Waals surface area contributed by atoms with Crippen molar-refractivity contribution in [3.63, 3.8) is 0 Å². The number of benzene rings is 1. The Morgan fingerprint density at radius 1 is 1.53 bits per heavy atom. The highest BCUT2D eigenvalue weighted by molar-refractivity contribution is 5.84. The molecule has 0 radical (unpaired) electrons. The summed E-state index contributed by atoms with van der Waals surface area (Å²) < 4.78 is 0. The summed E-state index contributed by atoms with van der Waals surface area (Å²) in [7, 11) is 1.47. The Kier molecular flexibility index (Phi) is 2.83. The first-order chi connectivity index (χ1) is 7.99. The van der Waals surface area contributed by atoms with E-state index in [9.17, 15) is 4.79 Å². The lowest BCUT2D eigenvalue weighted by atomic mass is 10.1. The third-order valence-electron chi connectivity index (χ3n) is 2.60. The van der Waals surface area contributed by atoms with E-state index in [2.05, 4.69) is 9.97 Å². The molecule has 0 spiro atoms. The normalized spacial score (nSPS) is 12.7. The molecule has 0 aliphatic rings. The number of rotatable bonds is 2. The van der Waals surface area contributed by atoms with E-state index in [1.54, 1.807) is 6.07 Å². The number of fused-ring (bicyclic) bond motifs is 1. The topological polar surface area (TPSA) is 101 Å². The van der Waals surface area contributed by atoms with Crippen molar-refractivity contribution in [3.8, 4) is 0 Å². The molecule has 6 nitrogen and oxygen atoms in total. The molecule has 1 amide bonds. The van der Waals surface area contributed by atoms with Crippen LogP contribution in [0.15, 0.2) is 18.2 Å². The van der Waals surface area contributed by atoms with Crippen LogP contribution < -0.4 is 11.6 Å². The minimum Gasteiger partial charge on any atom is -0.342 e. The zero-order valence-corrected chi connectivity index (χ0v) is 9.77. The van der Waals surface area contributed by atoms with Crippen molar-refractivity contribution in [2.24, 2.45) is 11.6 Å². The van der Waals surface area contributed by atoms with Crippen LogP contribution in [0.5, 0.6) is 0 Å². The molecule has 0 saturated carbocycles. The number of nitrogens with zero attached hydrogens (tertiary/aromatic N) is 2. The number of carbonyl (C=O) groups is 1. The van der Waals surface area contributed by atoms with Crippen molar-refractivity contribution in [1.82, 2.24) is 15.0 Å². The van der Waals surface area contributed by atoms with Gasteiger partial charge in [0, 0.05) is 7.05 Å². The minimum atomic E-state index is -0.752. The molecule has 0 saturated heterocycles. The first kappa shape index (κ1) is 11.6. The van der Waals surface area contributed by atoms with E-state index in [1.165, 1.54) is 7.05 Å². The van der Waals surface area contributed by atoms with Crippen LogP contribution in [0.2, 0.25) is 0 Å². The molecule has 2 rings (SSSR count). The number of aromatic nitrogens is 2. The van der Waals surface area contributed by atoms with Crippen molar-refractivity contribution in [3.05, 3.63) is 29.6 Å². The lowest BCUT2D eigenvalue weighted by molar-refractivity contribution is -0.131. The van der Waals surface area contributed by atoms with Gasteiger partial charge in [-0.05, 0) is 24.6 Å². The second kappa shape index (κ2) is 4.15. The van der Waals surface area contributed by atoms with Crippen LogP contribution in [-0.4, -0.2) is 27.9 Å². The zero-order valence-electron chi connectivity index (χ0n) is 9.77. The van der Waals surface area contributed by atoms with Gasteiger partial charge in [-0.2, -0.15) is 0 Å². The number of imidazole rings is 1. The predicted octanol–water partition coefficient (Wildman–Crippen LogP) is 0.203. The van der Waals surface area contributed by atoms with Crippen LogP contribution in [0.25, 0.3) is 11.0 Å². The van der Waals surface area contributed by atoms with E-state index in [0.717, 1.165) is 21.9 Å². The van der Waals surface area contributed by atoms with E-state index >= 15 is 0 Å². The molecule has 1 aromatic carbocycles. The largest absolute Gasteiger partial charge is 0.342 e. The highest BCUT2D eigenvalue weighted by Gasteiger charge is 2.18. The molecule has 2 aromatic rings. The van der Waals surface area contributed by atoms with E-state index in [0.29, 0.717) is 5.56 Å². The molecular weight excluding hydrogens is 218 g/mol. The van der Waals surface area contributed by atoms with Gasteiger partial charge in [0.2, 0.25) is 0 Å². The van der Waals surface area contributed by atoms with Crippen molar-refractivity contribution < 1.29 is 4.79 Å². The fourth-order valence-electron chi connectivity index (χ4n) is 1.71. The number of hydrogen-bond acceptors (Lipinski definition) is 4. The molecule has 0 aliphatic carbocycles. The summed E-state index contributed by atoms with van der Waals surface area (Å²) in [6.07, 6.45) is 0. The second-order valence-electron chi connectivity index (χ2n) is 4.03. The Labute approximate surface area is 98.6 Å². The SMILES string of the molecule is Cc1nc2ccc(C(N)C(=O)N(C)N)cc2[nH]1. The number of carbonyl (C=O) groups excluding carboxylic acids is 1. The zero-order chi connectivity index (χ0) is 12.6. The number of hydrogen-bond donors (Lipinski definition) is 3. The smallest absolute Gasteiger partial charge is 0.257 e. The lowest BCUT2D eigenvalue weighted by Crippen LogP contribution is -2.40. The number of likely N-dealkylation sites (N-methyl/N-ethyl adjacent to an activating group) is 1. The van der Waals surface area contributed by atoms with Gasteiger partial charge in [0.25, 0.3) is 5.91 Å². The maximum absolute atomic E-state index is 11.6. The third-order valence-corrected chi connectivity index (χ3v) is 2.60. The number of hydrazine groups is 1. The summed E-state index contributed by atoms with van der Waals surface area (Å²) in [6.45, 7) is 1.87. The number of amides is 1. The Balaban J connectivity index is 2.38. The predicted molar refractivity (Wildman–Crippen MR) is 64.7 cm³/mol. The van der Waals surface area contributed by atoms with Crippen LogP contribution in [0, 0.1) is 6.92 Å². The number of nitrogens with two attached hydrogens (primary N) is 2. The second-order valence-corrected chi connectivity index (χ2v) is 4.03. The molecule has 17 heavy (non-hydrogen) atoms. The first-order valence-corrected chi connectivity index (χ1v) is 5.23. The van der Waals surface area contributed by atoms with Gasteiger partial charge in [0.05, 0.1) is 11.0 Å². The van der Waals surface area contributed by atoms with Crippen molar-refractivity contribution in [1.29, 1.82) is 0 Å². The third kappa shape index (κ3) is 2.13. The molecule has 1 atom stereocenters. The monoisotopic (exact) mass is 233 g/mol. The summed E-state index contributed by atoms with van der Waals surface area (Å²) in [6, 6.07) is 4.69. The van der Waals surface area contributed by atoms with Crippen molar-refractivity contribution >= 4 is 16.9 Å². The summed E-state index contributed by atoms with van der Waals surface area (Å²) in [5.41, 5.74) is 8.26. The Morgan fingerprint density at radius 2 is 2.24 bits per heavy atom. The van der Waals surface area contributed by atoms with Gasteiger partial charge in [-0.3, -0.25) is 9.80 Å². The van der Waals surface area contributed by atoms with Gasteiger partial charge >= 0.3 is 0 Å².